The van der Waals surface area contributed by atoms with E-state index in [1.807, 2.05) is 19.9 Å². The third kappa shape index (κ3) is 5.05. The number of nitrogens with zero attached hydrogens (tertiary/aromatic N) is 2. The molecule has 0 bridgehead atoms. The molecule has 1 heterocycles. The van der Waals surface area contributed by atoms with Gasteiger partial charge in [0.15, 0.2) is 5.69 Å². The second-order valence-electron chi connectivity index (χ2n) is 6.98. The van der Waals surface area contributed by atoms with Gasteiger partial charge in [0.1, 0.15) is 5.82 Å². The maximum atomic E-state index is 13.3. The number of halogens is 3. The second-order valence-corrected chi connectivity index (χ2v) is 7.82. The molecule has 2 aromatic carbocycles. The van der Waals surface area contributed by atoms with Crippen molar-refractivity contribution in [1.29, 1.82) is 0 Å². The predicted octanol–water partition coefficient (Wildman–Crippen LogP) is 7.40. The highest BCUT2D eigenvalue weighted by Crippen LogP contribution is 2.37. The Hall–Kier alpha value is -2.63. The molecule has 1 aliphatic carbocycles. The van der Waals surface area contributed by atoms with E-state index in [1.165, 1.54) is 12.1 Å². The smallest absolute Gasteiger partial charge is 0.359 e. The lowest BCUT2D eigenvalue weighted by atomic mass is 9.89. The van der Waals surface area contributed by atoms with E-state index in [0.717, 1.165) is 35.2 Å². The Morgan fingerprint density at radius 2 is 1.88 bits per heavy atom. The molecule has 7 heteroatoms. The average molecular weight is 475 g/mol. The van der Waals surface area contributed by atoms with Crippen LogP contribution in [0.15, 0.2) is 42.5 Å². The van der Waals surface area contributed by atoms with Crippen molar-refractivity contribution in [3.8, 4) is 5.69 Å². The van der Waals surface area contributed by atoms with E-state index in [1.54, 1.807) is 41.9 Å². The number of fused-ring (bicyclic) bond motifs is 1. The third-order valence-electron chi connectivity index (χ3n) is 4.98. The van der Waals surface area contributed by atoms with Gasteiger partial charge in [-0.25, -0.2) is 13.9 Å². The van der Waals surface area contributed by atoms with Crippen LogP contribution < -0.4 is 0 Å². The van der Waals surface area contributed by atoms with Crippen LogP contribution in [0.4, 0.5) is 4.39 Å². The fourth-order valence-electron chi connectivity index (χ4n) is 3.68. The zero-order valence-electron chi connectivity index (χ0n) is 18.3. The molecule has 0 amide bonds. The zero-order valence-corrected chi connectivity index (χ0v) is 19.8. The summed E-state index contributed by atoms with van der Waals surface area (Å²) in [5, 5.41) is 5.53. The maximum Gasteiger partial charge on any atom is 0.359 e. The molecule has 0 saturated heterocycles. The van der Waals surface area contributed by atoms with E-state index in [9.17, 15) is 9.18 Å². The number of carbonyl (C=O) groups is 1. The minimum absolute atomic E-state index is 0.264. The average Bonchev–Trinajstić information content (AvgIpc) is 3.17. The number of allylic oxidation sites excluding steroid dienone is 1. The van der Waals surface area contributed by atoms with Crippen LogP contribution in [0.1, 0.15) is 60.9 Å². The van der Waals surface area contributed by atoms with Gasteiger partial charge in [-0.3, -0.25) is 0 Å². The summed E-state index contributed by atoms with van der Waals surface area (Å²) in [7, 11) is 0. The van der Waals surface area contributed by atoms with Crippen molar-refractivity contribution in [3.05, 3.63) is 80.8 Å². The molecule has 1 aromatic heterocycles. The quantitative estimate of drug-likeness (QED) is 0.370. The van der Waals surface area contributed by atoms with Gasteiger partial charge in [-0.05, 0) is 73.7 Å². The number of benzene rings is 2. The monoisotopic (exact) mass is 474 g/mol. The Balaban J connectivity index is 0.00000141. The van der Waals surface area contributed by atoms with E-state index in [-0.39, 0.29) is 12.4 Å². The summed E-state index contributed by atoms with van der Waals surface area (Å²) in [6.07, 6.45) is 4.36. The summed E-state index contributed by atoms with van der Waals surface area (Å²) in [5.74, 6) is -0.746. The largest absolute Gasteiger partial charge is 0.461 e. The normalized spacial score (nSPS) is 13.9. The van der Waals surface area contributed by atoms with Gasteiger partial charge in [-0.1, -0.05) is 49.2 Å². The number of esters is 1. The Morgan fingerprint density at radius 3 is 2.53 bits per heavy atom. The van der Waals surface area contributed by atoms with Crippen molar-refractivity contribution in [2.75, 3.05) is 6.61 Å². The Kier molecular flexibility index (Phi) is 8.10. The first kappa shape index (κ1) is 24.0. The van der Waals surface area contributed by atoms with Crippen LogP contribution in [0.5, 0.6) is 0 Å². The first-order chi connectivity index (χ1) is 15.5. The second kappa shape index (κ2) is 10.8. The summed E-state index contributed by atoms with van der Waals surface area (Å²) >= 11 is 12.5. The molecule has 0 N–H and O–H groups in total. The predicted molar refractivity (Wildman–Crippen MR) is 128 cm³/mol. The van der Waals surface area contributed by atoms with Crippen LogP contribution in [0, 0.1) is 5.82 Å². The Labute approximate surface area is 197 Å². The van der Waals surface area contributed by atoms with Crippen molar-refractivity contribution in [2.24, 2.45) is 0 Å². The molecule has 0 aliphatic heterocycles. The Bertz CT molecular complexity index is 1140. The third-order valence-corrected chi connectivity index (χ3v) is 5.52. The summed E-state index contributed by atoms with van der Waals surface area (Å²) in [6, 6.07) is 11.4. The van der Waals surface area contributed by atoms with Gasteiger partial charge >= 0.3 is 5.97 Å². The van der Waals surface area contributed by atoms with Crippen molar-refractivity contribution in [1.82, 2.24) is 9.78 Å². The van der Waals surface area contributed by atoms with Gasteiger partial charge in [-0.15, -0.1) is 0 Å². The fraction of sp³-hybridized carbons (Fsp3) is 0.280. The number of rotatable bonds is 4. The zero-order chi connectivity index (χ0) is 23.3. The lowest BCUT2D eigenvalue weighted by molar-refractivity contribution is 0.0517. The molecule has 32 heavy (non-hydrogen) atoms. The van der Waals surface area contributed by atoms with Crippen LogP contribution in [0.2, 0.25) is 10.0 Å². The van der Waals surface area contributed by atoms with Crippen molar-refractivity contribution >= 4 is 40.8 Å². The van der Waals surface area contributed by atoms with Crippen molar-refractivity contribution in [3.63, 3.8) is 0 Å². The van der Waals surface area contributed by atoms with Gasteiger partial charge in [0.05, 0.1) is 23.0 Å². The summed E-state index contributed by atoms with van der Waals surface area (Å²) in [5.41, 5.74) is 4.43. The molecule has 0 radical (unpaired) electrons. The molecule has 0 atom stereocenters. The van der Waals surface area contributed by atoms with Crippen LogP contribution in [-0.2, 0) is 11.2 Å². The molecular formula is C25H25Cl2FN2O2. The van der Waals surface area contributed by atoms with E-state index < -0.39 is 5.97 Å². The number of hydrogen-bond acceptors (Lipinski definition) is 3. The number of hydrogen-bond donors (Lipinski definition) is 0. The van der Waals surface area contributed by atoms with Gasteiger partial charge in [-0.2, -0.15) is 5.10 Å². The van der Waals surface area contributed by atoms with Gasteiger partial charge < -0.3 is 4.74 Å². The van der Waals surface area contributed by atoms with E-state index in [0.29, 0.717) is 27.8 Å². The highest BCUT2D eigenvalue weighted by atomic mass is 35.5. The van der Waals surface area contributed by atoms with Gasteiger partial charge in [0.25, 0.3) is 0 Å². The highest BCUT2D eigenvalue weighted by molar-refractivity contribution is 6.35. The minimum atomic E-state index is -0.458. The molecular weight excluding hydrogens is 450 g/mol. The highest BCUT2D eigenvalue weighted by Gasteiger charge is 2.29. The molecule has 4 rings (SSSR count). The number of ether oxygens (including phenoxy) is 1. The minimum Gasteiger partial charge on any atom is -0.461 e. The molecule has 0 unspecified atom stereocenters. The lowest BCUT2D eigenvalue weighted by Gasteiger charge is -2.19. The van der Waals surface area contributed by atoms with Crippen molar-refractivity contribution < 1.29 is 13.9 Å². The lowest BCUT2D eigenvalue weighted by Crippen LogP contribution is -2.10. The molecule has 0 fully saturated rings. The fourth-order valence-corrected chi connectivity index (χ4v) is 4.17. The molecule has 3 aromatic rings. The number of aromatic nitrogens is 2. The van der Waals surface area contributed by atoms with Crippen LogP contribution in [0.3, 0.4) is 0 Å². The summed E-state index contributed by atoms with van der Waals surface area (Å²) in [4.78, 5) is 12.6. The van der Waals surface area contributed by atoms with Gasteiger partial charge in [0.2, 0.25) is 0 Å². The van der Waals surface area contributed by atoms with E-state index in [2.05, 4.69) is 5.10 Å². The van der Waals surface area contributed by atoms with Crippen LogP contribution >= 0.6 is 23.2 Å². The SMILES string of the molecule is CC.CCOC(=O)c1nn(-c2ccc(Cl)cc2Cl)c2c1CCC/C2=C\c1ccc(F)cc1. The topological polar surface area (TPSA) is 44.1 Å². The van der Waals surface area contributed by atoms with Gasteiger partial charge in [0, 0.05) is 10.6 Å². The number of carbonyl (C=O) groups excluding carboxylic acids is 1. The molecule has 4 nitrogen and oxygen atoms in total. The van der Waals surface area contributed by atoms with Crippen LogP contribution in [-0.4, -0.2) is 22.4 Å². The maximum absolute atomic E-state index is 13.3. The first-order valence-corrected chi connectivity index (χ1v) is 11.4. The van der Waals surface area contributed by atoms with Crippen molar-refractivity contribution in [2.45, 2.75) is 40.0 Å². The standard InChI is InChI=1S/C23H19Cl2FN2O2.C2H6/c1-2-30-23(29)21-18-5-3-4-15(12-14-6-9-17(26)10-7-14)22(18)28(27-21)20-11-8-16(24)13-19(20)25;1-2/h6-13H,2-5H2,1H3;1-2H3/b15-12+;. The molecule has 168 valence electrons. The molecule has 0 saturated carbocycles. The Morgan fingerprint density at radius 1 is 1.16 bits per heavy atom. The molecule has 1 aliphatic rings. The first-order valence-electron chi connectivity index (χ1n) is 10.7. The van der Waals surface area contributed by atoms with E-state index >= 15 is 0 Å². The molecule has 0 spiro atoms. The summed E-state index contributed by atoms with van der Waals surface area (Å²) < 4.78 is 20.2. The van der Waals surface area contributed by atoms with E-state index in [4.69, 9.17) is 27.9 Å². The van der Waals surface area contributed by atoms with Crippen LogP contribution in [0.25, 0.3) is 17.3 Å². The summed E-state index contributed by atoms with van der Waals surface area (Å²) in [6.45, 7) is 6.03.